The van der Waals surface area contributed by atoms with Gasteiger partial charge in [0.05, 0.1) is 26.2 Å². The molecule has 0 spiro atoms. The summed E-state index contributed by atoms with van der Waals surface area (Å²) in [5.74, 6) is 0.740. The molecule has 0 amide bonds. The number of carbonyl (C=O) groups excluding carboxylic acids is 1. The van der Waals surface area contributed by atoms with Crippen LogP contribution in [0.15, 0.2) is 0 Å². The van der Waals surface area contributed by atoms with Crippen LogP contribution in [-0.2, 0) is 14.3 Å². The van der Waals surface area contributed by atoms with Crippen molar-refractivity contribution in [3.05, 3.63) is 0 Å². The van der Waals surface area contributed by atoms with Crippen molar-refractivity contribution in [2.24, 2.45) is 23.2 Å². The number of hydrogen-bond acceptors (Lipinski definition) is 4. The minimum absolute atomic E-state index is 0.00403. The van der Waals surface area contributed by atoms with Gasteiger partial charge < -0.3 is 14.4 Å². The molecule has 2 rings (SSSR count). The second-order valence-electron chi connectivity index (χ2n) is 6.57. The number of rotatable bonds is 4. The lowest BCUT2D eigenvalue weighted by molar-refractivity contribution is -0.208. The molecule has 110 valence electrons. The Morgan fingerprint density at radius 2 is 2.11 bits per heavy atom. The molecule has 2 heterocycles. The maximum Gasteiger partial charge on any atom is 0.309 e. The van der Waals surface area contributed by atoms with Crippen LogP contribution in [0.25, 0.3) is 0 Å². The fourth-order valence-corrected chi connectivity index (χ4v) is 3.94. The fraction of sp³-hybridized carbons (Fsp3) is 0.933. The lowest BCUT2D eigenvalue weighted by atomic mass is 9.59. The largest absolute Gasteiger partial charge is 0.469 e. The first kappa shape index (κ1) is 14.8. The molecule has 2 aliphatic rings. The summed E-state index contributed by atoms with van der Waals surface area (Å²) < 4.78 is 10.6. The van der Waals surface area contributed by atoms with Gasteiger partial charge in [-0.1, -0.05) is 13.8 Å². The van der Waals surface area contributed by atoms with E-state index in [2.05, 4.69) is 25.8 Å². The highest BCUT2D eigenvalue weighted by atomic mass is 16.5. The molecule has 2 fully saturated rings. The molecule has 4 nitrogen and oxygen atoms in total. The Bertz CT molecular complexity index is 325. The molecule has 2 aliphatic heterocycles. The molecule has 2 unspecified atom stereocenters. The van der Waals surface area contributed by atoms with Crippen molar-refractivity contribution in [2.75, 3.05) is 40.5 Å². The predicted octanol–water partition coefficient (Wildman–Crippen LogP) is 1.79. The number of methoxy groups -OCH3 is 1. The zero-order chi connectivity index (χ0) is 14.0. The van der Waals surface area contributed by atoms with Crippen LogP contribution in [0.1, 0.15) is 26.7 Å². The van der Waals surface area contributed by atoms with E-state index in [4.69, 9.17) is 9.47 Å². The van der Waals surface area contributed by atoms with Gasteiger partial charge in [-0.25, -0.2) is 0 Å². The lowest BCUT2D eigenvalue weighted by Crippen LogP contribution is -2.60. The molecule has 0 saturated carbocycles. The monoisotopic (exact) mass is 269 g/mol. The Hall–Kier alpha value is -0.610. The van der Waals surface area contributed by atoms with Crippen molar-refractivity contribution < 1.29 is 14.3 Å². The summed E-state index contributed by atoms with van der Waals surface area (Å²) in [7, 11) is 3.67. The smallest absolute Gasteiger partial charge is 0.309 e. The van der Waals surface area contributed by atoms with Gasteiger partial charge in [0.1, 0.15) is 0 Å². The molecule has 4 heteroatoms. The Morgan fingerprint density at radius 3 is 2.53 bits per heavy atom. The van der Waals surface area contributed by atoms with Crippen LogP contribution in [0.2, 0.25) is 0 Å². The number of likely N-dealkylation sites (tertiary alicyclic amines) is 1. The molecule has 2 atom stereocenters. The molecule has 19 heavy (non-hydrogen) atoms. The van der Waals surface area contributed by atoms with Gasteiger partial charge in [-0.05, 0) is 38.3 Å². The minimum atomic E-state index is -0.0634. The van der Waals surface area contributed by atoms with Crippen LogP contribution in [0, 0.1) is 23.2 Å². The van der Waals surface area contributed by atoms with Crippen LogP contribution < -0.4 is 0 Å². The van der Waals surface area contributed by atoms with Gasteiger partial charge in [0.15, 0.2) is 0 Å². The molecule has 0 aromatic carbocycles. The average Bonchev–Trinajstić information content (AvgIpc) is 2.32. The number of ether oxygens (including phenoxy) is 2. The number of esters is 1. The van der Waals surface area contributed by atoms with E-state index < -0.39 is 0 Å². The van der Waals surface area contributed by atoms with Crippen molar-refractivity contribution in [1.29, 1.82) is 0 Å². The number of carbonyl (C=O) groups is 1. The molecular weight excluding hydrogens is 242 g/mol. The highest BCUT2D eigenvalue weighted by Crippen LogP contribution is 2.49. The SMILES string of the molecule is COC(=O)C(C(C)C)C1(C2CCCN(C)C2)COC1. The van der Waals surface area contributed by atoms with Gasteiger partial charge in [-0.15, -0.1) is 0 Å². The number of nitrogens with zero attached hydrogens (tertiary/aromatic N) is 1. The zero-order valence-corrected chi connectivity index (χ0v) is 12.6. The molecular formula is C15H27NO3. The normalized spacial score (nSPS) is 28.8. The zero-order valence-electron chi connectivity index (χ0n) is 12.6. The van der Waals surface area contributed by atoms with Crippen molar-refractivity contribution in [1.82, 2.24) is 4.90 Å². The van der Waals surface area contributed by atoms with Crippen LogP contribution >= 0.6 is 0 Å². The number of hydrogen-bond donors (Lipinski definition) is 0. The first-order valence-corrected chi connectivity index (χ1v) is 7.35. The van der Waals surface area contributed by atoms with Gasteiger partial charge in [0, 0.05) is 12.0 Å². The van der Waals surface area contributed by atoms with Crippen molar-refractivity contribution in [2.45, 2.75) is 26.7 Å². The van der Waals surface area contributed by atoms with E-state index in [-0.39, 0.29) is 17.3 Å². The van der Waals surface area contributed by atoms with Crippen molar-refractivity contribution in [3.63, 3.8) is 0 Å². The Labute approximate surface area is 116 Å². The highest BCUT2D eigenvalue weighted by Gasteiger charge is 2.55. The van der Waals surface area contributed by atoms with Crippen molar-refractivity contribution >= 4 is 5.97 Å². The van der Waals surface area contributed by atoms with E-state index in [1.54, 1.807) is 0 Å². The standard InChI is InChI=1S/C15H27NO3/c1-11(2)13(14(17)18-4)15(9-19-10-15)12-6-5-7-16(3)8-12/h11-13H,5-10H2,1-4H3. The maximum absolute atomic E-state index is 12.2. The third kappa shape index (κ3) is 2.65. The van der Waals surface area contributed by atoms with Gasteiger partial charge in [0.2, 0.25) is 0 Å². The summed E-state index contributed by atoms with van der Waals surface area (Å²) in [6, 6.07) is 0. The lowest BCUT2D eigenvalue weighted by Gasteiger charge is -2.54. The van der Waals surface area contributed by atoms with Crippen LogP contribution in [0.4, 0.5) is 0 Å². The summed E-state index contributed by atoms with van der Waals surface area (Å²) in [5, 5.41) is 0. The Morgan fingerprint density at radius 1 is 1.42 bits per heavy atom. The summed E-state index contributed by atoms with van der Waals surface area (Å²) in [4.78, 5) is 14.6. The summed E-state index contributed by atoms with van der Waals surface area (Å²) in [6.07, 6.45) is 2.42. The average molecular weight is 269 g/mol. The van der Waals surface area contributed by atoms with E-state index in [1.165, 1.54) is 20.0 Å². The quantitative estimate of drug-likeness (QED) is 0.729. The molecule has 0 aromatic rings. The molecule has 0 bridgehead atoms. The topological polar surface area (TPSA) is 38.8 Å². The van der Waals surface area contributed by atoms with Crippen LogP contribution in [0.5, 0.6) is 0 Å². The maximum atomic E-state index is 12.2. The second-order valence-corrected chi connectivity index (χ2v) is 6.57. The minimum Gasteiger partial charge on any atom is -0.469 e. The first-order chi connectivity index (χ1) is 9.01. The number of piperidine rings is 1. The molecule has 0 aliphatic carbocycles. The third-order valence-corrected chi connectivity index (χ3v) is 4.92. The van der Waals surface area contributed by atoms with E-state index in [1.807, 2.05) is 0 Å². The van der Waals surface area contributed by atoms with Crippen molar-refractivity contribution in [3.8, 4) is 0 Å². The van der Waals surface area contributed by atoms with Gasteiger partial charge in [-0.3, -0.25) is 4.79 Å². The molecule has 0 radical (unpaired) electrons. The van der Waals surface area contributed by atoms with Gasteiger partial charge >= 0.3 is 5.97 Å². The summed E-state index contributed by atoms with van der Waals surface area (Å²) in [5.41, 5.74) is -0.00403. The van der Waals surface area contributed by atoms with E-state index >= 15 is 0 Å². The van der Waals surface area contributed by atoms with E-state index in [9.17, 15) is 4.79 Å². The fourth-order valence-electron chi connectivity index (χ4n) is 3.94. The van der Waals surface area contributed by atoms with Crippen LogP contribution in [0.3, 0.4) is 0 Å². The molecule has 2 saturated heterocycles. The molecule has 0 aromatic heterocycles. The Balaban J connectivity index is 2.21. The predicted molar refractivity (Wildman–Crippen MR) is 73.8 cm³/mol. The summed E-state index contributed by atoms with van der Waals surface area (Å²) >= 11 is 0. The van der Waals surface area contributed by atoms with E-state index in [0.717, 1.165) is 13.1 Å². The van der Waals surface area contributed by atoms with Crippen LogP contribution in [-0.4, -0.2) is 51.3 Å². The van der Waals surface area contributed by atoms with Gasteiger partial charge in [-0.2, -0.15) is 0 Å². The second kappa shape index (κ2) is 5.80. The van der Waals surface area contributed by atoms with E-state index in [0.29, 0.717) is 25.0 Å². The first-order valence-electron chi connectivity index (χ1n) is 7.35. The summed E-state index contributed by atoms with van der Waals surface area (Å²) in [6.45, 7) is 7.90. The third-order valence-electron chi connectivity index (χ3n) is 4.92. The molecule has 0 N–H and O–H groups in total. The highest BCUT2D eigenvalue weighted by molar-refractivity contribution is 5.74. The van der Waals surface area contributed by atoms with Gasteiger partial charge in [0.25, 0.3) is 0 Å². The Kier molecular flexibility index (Phi) is 4.51.